The Morgan fingerprint density at radius 1 is 1.42 bits per heavy atom. The van der Waals surface area contributed by atoms with Crippen LogP contribution in [0.1, 0.15) is 10.4 Å². The molecule has 0 radical (unpaired) electrons. The first kappa shape index (κ1) is 15.1. The molecule has 0 bridgehead atoms. The Kier molecular flexibility index (Phi) is 6.48. The van der Waals surface area contributed by atoms with E-state index in [0.29, 0.717) is 0 Å². The van der Waals surface area contributed by atoms with Gasteiger partial charge in [0.25, 0.3) is 6.47 Å². The first-order valence-corrected chi connectivity index (χ1v) is 5.42. The molecule has 0 saturated carbocycles. The monoisotopic (exact) mass is 269 g/mol. The maximum Gasteiger partial charge on any atom is 0.293 e. The average molecular weight is 269 g/mol. The number of ketones is 1. The molecule has 0 spiro atoms. The molecule has 1 unspecified atom stereocenters. The number of Topliss-reactive ketones (excluding diaryl/α,β-unsaturated/α-hetero) is 1. The minimum atomic E-state index is -1.02. The summed E-state index contributed by atoms with van der Waals surface area (Å²) < 4.78 is 19.5. The van der Waals surface area contributed by atoms with Gasteiger partial charge < -0.3 is 18.9 Å². The van der Waals surface area contributed by atoms with Gasteiger partial charge in [-0.2, -0.15) is 0 Å². The topological polar surface area (TPSA) is 84.0 Å². The van der Waals surface area contributed by atoms with Crippen molar-refractivity contribution in [1.82, 2.24) is 4.98 Å². The van der Waals surface area contributed by atoms with Crippen LogP contribution in [0.4, 0.5) is 0 Å². The Balaban J connectivity index is 2.92. The third-order valence-corrected chi connectivity index (χ3v) is 2.21. The lowest BCUT2D eigenvalue weighted by molar-refractivity contribution is -0.133. The second-order valence-electron chi connectivity index (χ2n) is 3.46. The molecule has 0 aliphatic rings. The Morgan fingerprint density at radius 3 is 2.84 bits per heavy atom. The summed E-state index contributed by atoms with van der Waals surface area (Å²) in [5.41, 5.74) is 0.246. The van der Waals surface area contributed by atoms with Crippen molar-refractivity contribution in [1.29, 1.82) is 0 Å². The van der Waals surface area contributed by atoms with Gasteiger partial charge in [0.1, 0.15) is 0 Å². The number of aromatic nitrogens is 1. The van der Waals surface area contributed by atoms with Crippen LogP contribution in [0.2, 0.25) is 0 Å². The fraction of sp³-hybridized carbons (Fsp3) is 0.417. The van der Waals surface area contributed by atoms with E-state index in [4.69, 9.17) is 18.9 Å². The highest BCUT2D eigenvalue weighted by molar-refractivity contribution is 6.02. The van der Waals surface area contributed by atoms with Crippen LogP contribution in [0.25, 0.3) is 0 Å². The molecule has 0 N–H and O–H groups in total. The van der Waals surface area contributed by atoms with E-state index < -0.39 is 11.9 Å². The van der Waals surface area contributed by atoms with E-state index in [1.54, 1.807) is 0 Å². The molecule has 0 amide bonds. The quantitative estimate of drug-likeness (QED) is 0.365. The first-order chi connectivity index (χ1) is 9.24. The van der Waals surface area contributed by atoms with Gasteiger partial charge in [0.15, 0.2) is 18.6 Å². The normalized spacial score (nSPS) is 11.7. The molecular formula is C12H15NO6. The largest absolute Gasteiger partial charge is 0.465 e. The van der Waals surface area contributed by atoms with Crippen molar-refractivity contribution >= 4 is 12.3 Å². The van der Waals surface area contributed by atoms with Gasteiger partial charge in [0.05, 0.1) is 18.4 Å². The maximum absolute atomic E-state index is 12.2. The van der Waals surface area contributed by atoms with Crippen LogP contribution in [-0.4, -0.2) is 51.0 Å². The second kappa shape index (κ2) is 8.17. The number of carbonyl (C=O) groups is 2. The summed E-state index contributed by atoms with van der Waals surface area (Å²) in [5.74, 6) is -0.174. The Morgan fingerprint density at radius 2 is 2.21 bits per heavy atom. The molecule has 0 aromatic carbocycles. The molecule has 0 aliphatic carbocycles. The smallest absolute Gasteiger partial charge is 0.293 e. The van der Waals surface area contributed by atoms with Crippen molar-refractivity contribution in [2.75, 3.05) is 27.6 Å². The second-order valence-corrected chi connectivity index (χ2v) is 3.46. The van der Waals surface area contributed by atoms with Gasteiger partial charge in [0.2, 0.25) is 5.78 Å². The zero-order valence-corrected chi connectivity index (χ0v) is 10.7. The van der Waals surface area contributed by atoms with Gasteiger partial charge in [0, 0.05) is 20.4 Å². The highest BCUT2D eigenvalue weighted by Gasteiger charge is 2.24. The molecule has 1 atom stereocenters. The summed E-state index contributed by atoms with van der Waals surface area (Å²) in [7, 11) is 2.87. The molecular weight excluding hydrogens is 254 g/mol. The highest BCUT2D eigenvalue weighted by Crippen LogP contribution is 2.19. The van der Waals surface area contributed by atoms with Crippen molar-refractivity contribution in [3.8, 4) is 5.75 Å². The van der Waals surface area contributed by atoms with E-state index in [-0.39, 0.29) is 31.2 Å². The van der Waals surface area contributed by atoms with Gasteiger partial charge in [-0.25, -0.2) is 0 Å². The summed E-state index contributed by atoms with van der Waals surface area (Å²) in [6, 6.07) is 1.48. The van der Waals surface area contributed by atoms with Gasteiger partial charge in [-0.1, -0.05) is 0 Å². The Hall–Kier alpha value is -1.99. The molecule has 1 aromatic heterocycles. The molecule has 7 heteroatoms. The van der Waals surface area contributed by atoms with E-state index in [1.165, 1.54) is 32.7 Å². The average Bonchev–Trinajstić information content (AvgIpc) is 2.44. The highest BCUT2D eigenvalue weighted by atomic mass is 16.7. The summed E-state index contributed by atoms with van der Waals surface area (Å²) >= 11 is 0. The molecule has 0 saturated heterocycles. The fourth-order valence-corrected chi connectivity index (χ4v) is 1.39. The molecule has 0 aliphatic heterocycles. The maximum atomic E-state index is 12.2. The zero-order chi connectivity index (χ0) is 14.1. The number of methoxy groups -OCH3 is 2. The number of carbonyl (C=O) groups excluding carboxylic acids is 2. The van der Waals surface area contributed by atoms with Gasteiger partial charge >= 0.3 is 0 Å². The summed E-state index contributed by atoms with van der Waals surface area (Å²) in [6.07, 6.45) is 1.81. The van der Waals surface area contributed by atoms with E-state index in [0.717, 1.165) is 0 Å². The van der Waals surface area contributed by atoms with Crippen LogP contribution in [0.15, 0.2) is 18.5 Å². The lowest BCUT2D eigenvalue weighted by Crippen LogP contribution is -2.29. The standard InChI is InChI=1S/C12H15NO6/c1-16-6-11(18-7-14)12(15)9-3-4-13-5-10(9)19-8-17-2/h3-5,7,11H,6,8H2,1-2H3. The van der Waals surface area contributed by atoms with Crippen LogP contribution in [-0.2, 0) is 19.0 Å². The number of hydrogen-bond acceptors (Lipinski definition) is 7. The number of nitrogens with zero attached hydrogens (tertiary/aromatic N) is 1. The predicted octanol–water partition coefficient (Wildman–Crippen LogP) is 0.435. The van der Waals surface area contributed by atoms with Crippen LogP contribution in [0.3, 0.4) is 0 Å². The van der Waals surface area contributed by atoms with E-state index >= 15 is 0 Å². The summed E-state index contributed by atoms with van der Waals surface area (Å²) in [4.78, 5) is 26.4. The van der Waals surface area contributed by atoms with Crippen molar-refractivity contribution in [2.24, 2.45) is 0 Å². The zero-order valence-electron chi connectivity index (χ0n) is 10.7. The van der Waals surface area contributed by atoms with Gasteiger partial charge in [-0.05, 0) is 6.07 Å². The minimum absolute atomic E-state index is 0.0184. The van der Waals surface area contributed by atoms with Crippen LogP contribution in [0, 0.1) is 0 Å². The third-order valence-electron chi connectivity index (χ3n) is 2.21. The van der Waals surface area contributed by atoms with E-state index in [2.05, 4.69) is 4.98 Å². The van der Waals surface area contributed by atoms with Crippen molar-refractivity contribution in [3.05, 3.63) is 24.0 Å². The van der Waals surface area contributed by atoms with Crippen molar-refractivity contribution in [3.63, 3.8) is 0 Å². The number of pyridine rings is 1. The molecule has 1 aromatic rings. The predicted molar refractivity (Wildman–Crippen MR) is 63.9 cm³/mol. The molecule has 0 fully saturated rings. The lowest BCUT2D eigenvalue weighted by Gasteiger charge is -2.15. The lowest BCUT2D eigenvalue weighted by atomic mass is 10.1. The van der Waals surface area contributed by atoms with E-state index in [1.807, 2.05) is 0 Å². The Bertz CT molecular complexity index is 422. The third kappa shape index (κ3) is 4.31. The molecule has 19 heavy (non-hydrogen) atoms. The van der Waals surface area contributed by atoms with Gasteiger partial charge in [-0.3, -0.25) is 14.6 Å². The number of ether oxygens (including phenoxy) is 4. The summed E-state index contributed by atoms with van der Waals surface area (Å²) in [5, 5.41) is 0. The first-order valence-electron chi connectivity index (χ1n) is 5.42. The minimum Gasteiger partial charge on any atom is -0.465 e. The van der Waals surface area contributed by atoms with Crippen molar-refractivity contribution in [2.45, 2.75) is 6.10 Å². The SMILES string of the molecule is COCOc1cnccc1C(=O)C(COC)OC=O. The molecule has 7 nitrogen and oxygen atoms in total. The fourth-order valence-electron chi connectivity index (χ4n) is 1.39. The molecule has 1 rings (SSSR count). The molecule has 1 heterocycles. The van der Waals surface area contributed by atoms with E-state index in [9.17, 15) is 9.59 Å². The number of hydrogen-bond donors (Lipinski definition) is 0. The van der Waals surface area contributed by atoms with Gasteiger partial charge in [-0.15, -0.1) is 0 Å². The van der Waals surface area contributed by atoms with Crippen LogP contribution >= 0.6 is 0 Å². The molecule has 104 valence electrons. The van der Waals surface area contributed by atoms with Crippen LogP contribution in [0.5, 0.6) is 5.75 Å². The van der Waals surface area contributed by atoms with Crippen molar-refractivity contribution < 1.29 is 28.5 Å². The Labute approximate surface area is 110 Å². The summed E-state index contributed by atoms with van der Waals surface area (Å²) in [6.45, 7) is 0.150. The van der Waals surface area contributed by atoms with Crippen LogP contribution < -0.4 is 4.74 Å². The number of rotatable bonds is 9.